The van der Waals surface area contributed by atoms with Crippen LogP contribution in [0.5, 0.6) is 0 Å². The number of carbonyl (C=O) groups is 1. The molecule has 2 aliphatic rings. The molecule has 98 valence electrons. The van der Waals surface area contributed by atoms with Gasteiger partial charge in [-0.1, -0.05) is 6.92 Å². The summed E-state index contributed by atoms with van der Waals surface area (Å²) in [4.78, 5) is 14.6. The summed E-state index contributed by atoms with van der Waals surface area (Å²) in [6.45, 7) is 6.20. The van der Waals surface area contributed by atoms with E-state index in [0.29, 0.717) is 5.92 Å². The molecule has 2 heterocycles. The van der Waals surface area contributed by atoms with Crippen molar-refractivity contribution in [3.8, 4) is 0 Å². The highest BCUT2D eigenvalue weighted by atomic mass is 16.2. The Kier molecular flexibility index (Phi) is 4.05. The maximum absolute atomic E-state index is 12.2. The van der Waals surface area contributed by atoms with Crippen LogP contribution in [0.4, 0.5) is 0 Å². The van der Waals surface area contributed by atoms with Gasteiger partial charge in [0.15, 0.2) is 0 Å². The molecule has 17 heavy (non-hydrogen) atoms. The lowest BCUT2D eigenvalue weighted by molar-refractivity contribution is -0.127. The van der Waals surface area contributed by atoms with Crippen LogP contribution >= 0.6 is 0 Å². The molecule has 0 radical (unpaired) electrons. The molecule has 2 aliphatic heterocycles. The average molecular weight is 239 g/mol. The van der Waals surface area contributed by atoms with Crippen LogP contribution in [0.1, 0.15) is 32.6 Å². The SMILES string of the molecule is CCC1(C(=O)NCC2CCN(C)C2)CCCN1. The summed E-state index contributed by atoms with van der Waals surface area (Å²) in [5, 5.41) is 6.53. The Bertz CT molecular complexity index is 274. The topological polar surface area (TPSA) is 44.4 Å². The van der Waals surface area contributed by atoms with Crippen molar-refractivity contribution < 1.29 is 4.79 Å². The van der Waals surface area contributed by atoms with E-state index in [1.54, 1.807) is 0 Å². The van der Waals surface area contributed by atoms with Crippen molar-refractivity contribution in [2.75, 3.05) is 33.2 Å². The molecule has 2 saturated heterocycles. The lowest BCUT2D eigenvalue weighted by Crippen LogP contribution is -2.53. The third kappa shape index (κ3) is 2.80. The van der Waals surface area contributed by atoms with Crippen molar-refractivity contribution >= 4 is 5.91 Å². The van der Waals surface area contributed by atoms with Crippen LogP contribution in [0.15, 0.2) is 0 Å². The van der Waals surface area contributed by atoms with Gasteiger partial charge in [-0.25, -0.2) is 0 Å². The molecule has 4 nitrogen and oxygen atoms in total. The number of nitrogens with one attached hydrogen (secondary N) is 2. The molecule has 0 aliphatic carbocycles. The van der Waals surface area contributed by atoms with Crippen molar-refractivity contribution in [3.63, 3.8) is 0 Å². The van der Waals surface area contributed by atoms with E-state index in [2.05, 4.69) is 29.5 Å². The predicted molar refractivity (Wildman–Crippen MR) is 68.9 cm³/mol. The van der Waals surface area contributed by atoms with Crippen LogP contribution in [-0.2, 0) is 4.79 Å². The molecular weight excluding hydrogens is 214 g/mol. The highest BCUT2D eigenvalue weighted by Gasteiger charge is 2.39. The Morgan fingerprint density at radius 1 is 1.59 bits per heavy atom. The minimum Gasteiger partial charge on any atom is -0.354 e. The van der Waals surface area contributed by atoms with E-state index in [4.69, 9.17) is 0 Å². The summed E-state index contributed by atoms with van der Waals surface area (Å²) in [6.07, 6.45) is 4.21. The van der Waals surface area contributed by atoms with Crippen molar-refractivity contribution in [2.45, 2.75) is 38.1 Å². The molecular formula is C13H25N3O. The first-order valence-electron chi connectivity index (χ1n) is 6.88. The van der Waals surface area contributed by atoms with Crippen molar-refractivity contribution in [1.29, 1.82) is 0 Å². The summed E-state index contributed by atoms with van der Waals surface area (Å²) in [7, 11) is 2.15. The second-order valence-electron chi connectivity index (χ2n) is 5.59. The number of likely N-dealkylation sites (tertiary alicyclic amines) is 1. The Morgan fingerprint density at radius 2 is 2.41 bits per heavy atom. The first-order valence-corrected chi connectivity index (χ1v) is 6.88. The summed E-state index contributed by atoms with van der Waals surface area (Å²) in [5.41, 5.74) is -0.273. The Morgan fingerprint density at radius 3 is 2.94 bits per heavy atom. The first-order chi connectivity index (χ1) is 8.16. The van der Waals surface area contributed by atoms with Crippen LogP contribution in [0.2, 0.25) is 0 Å². The molecule has 0 saturated carbocycles. The van der Waals surface area contributed by atoms with Gasteiger partial charge in [0.25, 0.3) is 0 Å². The Labute approximate surface area is 104 Å². The minimum absolute atomic E-state index is 0.215. The fraction of sp³-hybridized carbons (Fsp3) is 0.923. The largest absolute Gasteiger partial charge is 0.354 e. The zero-order valence-corrected chi connectivity index (χ0v) is 11.1. The van der Waals surface area contributed by atoms with Crippen molar-refractivity contribution in [1.82, 2.24) is 15.5 Å². The summed E-state index contributed by atoms with van der Waals surface area (Å²) < 4.78 is 0. The van der Waals surface area contributed by atoms with Crippen molar-refractivity contribution in [2.24, 2.45) is 5.92 Å². The quantitative estimate of drug-likeness (QED) is 0.754. The number of nitrogens with zero attached hydrogens (tertiary/aromatic N) is 1. The number of hydrogen-bond acceptors (Lipinski definition) is 3. The van der Waals surface area contributed by atoms with Gasteiger partial charge in [-0.05, 0) is 51.7 Å². The van der Waals surface area contributed by atoms with Gasteiger partial charge in [0, 0.05) is 13.1 Å². The number of hydrogen-bond donors (Lipinski definition) is 2. The summed E-state index contributed by atoms with van der Waals surface area (Å²) >= 11 is 0. The Hall–Kier alpha value is -0.610. The van der Waals surface area contributed by atoms with Crippen LogP contribution in [-0.4, -0.2) is 49.6 Å². The molecule has 0 spiro atoms. The molecule has 2 rings (SSSR count). The van der Waals surface area contributed by atoms with Gasteiger partial charge >= 0.3 is 0 Å². The standard InChI is InChI=1S/C13H25N3O/c1-3-13(6-4-7-15-13)12(17)14-9-11-5-8-16(2)10-11/h11,15H,3-10H2,1-2H3,(H,14,17). The normalized spacial score (nSPS) is 34.1. The third-order valence-corrected chi connectivity index (χ3v) is 4.32. The maximum Gasteiger partial charge on any atom is 0.240 e. The highest BCUT2D eigenvalue weighted by molar-refractivity contribution is 5.86. The van der Waals surface area contributed by atoms with Gasteiger partial charge in [0.1, 0.15) is 0 Å². The lowest BCUT2D eigenvalue weighted by atomic mass is 9.93. The third-order valence-electron chi connectivity index (χ3n) is 4.32. The van der Waals surface area contributed by atoms with E-state index in [-0.39, 0.29) is 11.4 Å². The second kappa shape index (κ2) is 5.36. The van der Waals surface area contributed by atoms with Gasteiger partial charge in [0.2, 0.25) is 5.91 Å². The van der Waals surface area contributed by atoms with E-state index in [1.807, 2.05) is 0 Å². The lowest BCUT2D eigenvalue weighted by Gasteiger charge is -2.27. The first kappa shape index (κ1) is 12.8. The van der Waals surface area contributed by atoms with Crippen LogP contribution in [0.3, 0.4) is 0 Å². The molecule has 2 atom stereocenters. The molecule has 2 N–H and O–H groups in total. The Balaban J connectivity index is 1.80. The van der Waals surface area contributed by atoms with E-state index >= 15 is 0 Å². The van der Waals surface area contributed by atoms with Crippen LogP contribution in [0.25, 0.3) is 0 Å². The van der Waals surface area contributed by atoms with E-state index in [1.165, 1.54) is 6.42 Å². The van der Waals surface area contributed by atoms with Gasteiger partial charge < -0.3 is 15.5 Å². The zero-order chi connectivity index (χ0) is 12.3. The average Bonchev–Trinajstić information content (AvgIpc) is 2.95. The van der Waals surface area contributed by atoms with Gasteiger partial charge in [0.05, 0.1) is 5.54 Å². The molecule has 2 fully saturated rings. The predicted octanol–water partition coefficient (Wildman–Crippen LogP) is 0.587. The van der Waals surface area contributed by atoms with Crippen molar-refractivity contribution in [3.05, 3.63) is 0 Å². The fourth-order valence-electron chi connectivity index (χ4n) is 3.06. The smallest absolute Gasteiger partial charge is 0.240 e. The monoisotopic (exact) mass is 239 g/mol. The minimum atomic E-state index is -0.273. The molecule has 1 amide bonds. The fourth-order valence-corrected chi connectivity index (χ4v) is 3.06. The van der Waals surface area contributed by atoms with E-state index < -0.39 is 0 Å². The van der Waals surface area contributed by atoms with E-state index in [0.717, 1.165) is 45.4 Å². The molecule has 0 aromatic rings. The van der Waals surface area contributed by atoms with Crippen LogP contribution < -0.4 is 10.6 Å². The number of carbonyl (C=O) groups excluding carboxylic acids is 1. The maximum atomic E-state index is 12.2. The molecule has 0 aromatic carbocycles. The molecule has 4 heteroatoms. The number of rotatable bonds is 4. The molecule has 0 aromatic heterocycles. The number of amides is 1. The van der Waals surface area contributed by atoms with Gasteiger partial charge in [-0.3, -0.25) is 4.79 Å². The summed E-state index contributed by atoms with van der Waals surface area (Å²) in [6, 6.07) is 0. The molecule has 0 bridgehead atoms. The van der Waals surface area contributed by atoms with Crippen LogP contribution in [0, 0.1) is 5.92 Å². The summed E-state index contributed by atoms with van der Waals surface area (Å²) in [5.74, 6) is 0.853. The second-order valence-corrected chi connectivity index (χ2v) is 5.59. The zero-order valence-electron chi connectivity index (χ0n) is 11.1. The van der Waals surface area contributed by atoms with Gasteiger partial charge in [-0.2, -0.15) is 0 Å². The highest BCUT2D eigenvalue weighted by Crippen LogP contribution is 2.23. The van der Waals surface area contributed by atoms with Gasteiger partial charge in [-0.15, -0.1) is 0 Å². The van der Waals surface area contributed by atoms with E-state index in [9.17, 15) is 4.79 Å². The molecule has 2 unspecified atom stereocenters.